The SMILES string of the molecule is Cc1cc2c(N3CCC(O)(c4ccc(F)cc4)C3)nccn2n1. The quantitative estimate of drug-likeness (QED) is 0.789. The van der Waals surface area contributed by atoms with Gasteiger partial charge in [0.15, 0.2) is 5.82 Å². The molecule has 0 amide bonds. The first-order chi connectivity index (χ1) is 11.0. The molecule has 23 heavy (non-hydrogen) atoms. The van der Waals surface area contributed by atoms with Crippen LogP contribution in [-0.2, 0) is 5.60 Å². The van der Waals surface area contributed by atoms with Crippen molar-refractivity contribution in [1.82, 2.24) is 14.6 Å². The Morgan fingerprint density at radius 2 is 2.04 bits per heavy atom. The second kappa shape index (κ2) is 5.03. The number of aromatic nitrogens is 3. The Morgan fingerprint density at radius 1 is 1.26 bits per heavy atom. The van der Waals surface area contributed by atoms with E-state index >= 15 is 0 Å². The summed E-state index contributed by atoms with van der Waals surface area (Å²) < 4.78 is 14.9. The molecular weight excluding hydrogens is 295 g/mol. The Labute approximate surface area is 133 Å². The minimum atomic E-state index is -0.989. The Kier molecular flexibility index (Phi) is 3.09. The maximum atomic E-state index is 13.1. The lowest BCUT2D eigenvalue weighted by atomic mass is 9.93. The number of β-amino-alcohol motifs (C(OH)–C–C–N with tert-alkyl or cyclic N) is 1. The molecule has 1 aliphatic rings. The van der Waals surface area contributed by atoms with E-state index in [2.05, 4.69) is 15.0 Å². The first kappa shape index (κ1) is 14.1. The van der Waals surface area contributed by atoms with Gasteiger partial charge in [-0.3, -0.25) is 0 Å². The summed E-state index contributed by atoms with van der Waals surface area (Å²) in [4.78, 5) is 6.52. The van der Waals surface area contributed by atoms with E-state index < -0.39 is 5.60 Å². The van der Waals surface area contributed by atoms with Crippen LogP contribution in [0.5, 0.6) is 0 Å². The first-order valence-electron chi connectivity index (χ1n) is 7.60. The van der Waals surface area contributed by atoms with Gasteiger partial charge in [0.05, 0.1) is 12.2 Å². The maximum Gasteiger partial charge on any atom is 0.154 e. The molecule has 1 saturated heterocycles. The van der Waals surface area contributed by atoms with Crippen molar-refractivity contribution in [2.24, 2.45) is 0 Å². The summed E-state index contributed by atoms with van der Waals surface area (Å²) in [5.41, 5.74) is 1.59. The van der Waals surface area contributed by atoms with E-state index in [0.717, 1.165) is 22.6 Å². The van der Waals surface area contributed by atoms with Crippen molar-refractivity contribution >= 4 is 11.3 Å². The molecule has 3 aromatic rings. The van der Waals surface area contributed by atoms with Gasteiger partial charge in [0.2, 0.25) is 0 Å². The van der Waals surface area contributed by atoms with Crippen LogP contribution in [0.2, 0.25) is 0 Å². The second-order valence-electron chi connectivity index (χ2n) is 6.08. The van der Waals surface area contributed by atoms with Gasteiger partial charge in [-0.25, -0.2) is 13.9 Å². The van der Waals surface area contributed by atoms with E-state index in [9.17, 15) is 9.50 Å². The van der Waals surface area contributed by atoms with E-state index in [1.54, 1.807) is 22.8 Å². The topological polar surface area (TPSA) is 53.7 Å². The number of aryl methyl sites for hydroxylation is 1. The highest BCUT2D eigenvalue weighted by atomic mass is 19.1. The molecule has 1 N–H and O–H groups in total. The smallest absolute Gasteiger partial charge is 0.154 e. The van der Waals surface area contributed by atoms with Crippen molar-refractivity contribution < 1.29 is 9.50 Å². The molecule has 0 radical (unpaired) electrons. The fourth-order valence-electron chi connectivity index (χ4n) is 3.24. The molecule has 3 heterocycles. The van der Waals surface area contributed by atoms with Crippen molar-refractivity contribution in [3.63, 3.8) is 0 Å². The van der Waals surface area contributed by atoms with E-state index in [-0.39, 0.29) is 5.82 Å². The van der Waals surface area contributed by atoms with Crippen molar-refractivity contribution in [3.8, 4) is 0 Å². The molecule has 118 valence electrons. The van der Waals surface area contributed by atoms with Gasteiger partial charge in [-0.2, -0.15) is 5.10 Å². The molecule has 0 spiro atoms. The fraction of sp³-hybridized carbons (Fsp3) is 0.294. The molecule has 0 saturated carbocycles. The molecule has 5 nitrogen and oxygen atoms in total. The lowest BCUT2D eigenvalue weighted by Gasteiger charge is -2.24. The Balaban J connectivity index is 1.68. The third kappa shape index (κ3) is 2.35. The zero-order valence-electron chi connectivity index (χ0n) is 12.8. The van der Waals surface area contributed by atoms with Crippen LogP contribution < -0.4 is 4.90 Å². The molecule has 0 bridgehead atoms. The largest absolute Gasteiger partial charge is 0.383 e. The predicted octanol–water partition coefficient (Wildman–Crippen LogP) is 2.27. The van der Waals surface area contributed by atoms with Gasteiger partial charge in [0, 0.05) is 18.9 Å². The summed E-state index contributed by atoms with van der Waals surface area (Å²) in [5.74, 6) is 0.513. The molecule has 1 aromatic carbocycles. The van der Waals surface area contributed by atoms with Gasteiger partial charge in [0.1, 0.15) is 16.9 Å². The van der Waals surface area contributed by atoms with E-state index in [1.807, 2.05) is 19.2 Å². The van der Waals surface area contributed by atoms with Crippen LogP contribution in [0, 0.1) is 12.7 Å². The molecule has 2 aromatic heterocycles. The zero-order valence-corrected chi connectivity index (χ0v) is 12.8. The van der Waals surface area contributed by atoms with Crippen molar-refractivity contribution in [2.75, 3.05) is 18.0 Å². The third-order valence-corrected chi connectivity index (χ3v) is 4.42. The summed E-state index contributed by atoms with van der Waals surface area (Å²) >= 11 is 0. The van der Waals surface area contributed by atoms with Gasteiger partial charge in [-0.15, -0.1) is 0 Å². The van der Waals surface area contributed by atoms with Gasteiger partial charge in [-0.1, -0.05) is 12.1 Å². The molecule has 4 rings (SSSR count). The molecule has 1 unspecified atom stereocenters. The van der Waals surface area contributed by atoms with Crippen molar-refractivity contribution in [1.29, 1.82) is 0 Å². The second-order valence-corrected chi connectivity index (χ2v) is 6.08. The van der Waals surface area contributed by atoms with Crippen LogP contribution in [0.4, 0.5) is 10.2 Å². The van der Waals surface area contributed by atoms with Gasteiger partial charge in [-0.05, 0) is 37.1 Å². The number of benzene rings is 1. The summed E-state index contributed by atoms with van der Waals surface area (Å²) in [6.45, 7) is 3.05. The van der Waals surface area contributed by atoms with Gasteiger partial charge < -0.3 is 10.0 Å². The number of anilines is 1. The lowest BCUT2D eigenvalue weighted by Crippen LogP contribution is -2.31. The molecule has 6 heteroatoms. The summed E-state index contributed by atoms with van der Waals surface area (Å²) in [7, 11) is 0. The fourth-order valence-corrected chi connectivity index (χ4v) is 3.24. The normalized spacial score (nSPS) is 21.3. The number of hydrogen-bond donors (Lipinski definition) is 1. The molecule has 1 atom stereocenters. The van der Waals surface area contributed by atoms with E-state index in [0.29, 0.717) is 19.5 Å². The van der Waals surface area contributed by atoms with Crippen molar-refractivity contribution in [2.45, 2.75) is 18.9 Å². The van der Waals surface area contributed by atoms with Crippen LogP contribution >= 0.6 is 0 Å². The zero-order chi connectivity index (χ0) is 16.0. The van der Waals surface area contributed by atoms with Gasteiger partial charge >= 0.3 is 0 Å². The number of nitrogens with zero attached hydrogens (tertiary/aromatic N) is 4. The Bertz CT molecular complexity index is 861. The molecule has 1 fully saturated rings. The highest BCUT2D eigenvalue weighted by molar-refractivity contribution is 5.69. The van der Waals surface area contributed by atoms with Crippen molar-refractivity contribution in [3.05, 3.63) is 59.8 Å². The monoisotopic (exact) mass is 312 g/mol. The first-order valence-corrected chi connectivity index (χ1v) is 7.60. The molecule has 0 aliphatic carbocycles. The number of hydrogen-bond acceptors (Lipinski definition) is 4. The van der Waals surface area contributed by atoms with Crippen LogP contribution in [0.15, 0.2) is 42.7 Å². The minimum absolute atomic E-state index is 0.298. The van der Waals surface area contributed by atoms with Gasteiger partial charge in [0.25, 0.3) is 0 Å². The summed E-state index contributed by atoms with van der Waals surface area (Å²) in [6.07, 6.45) is 4.10. The van der Waals surface area contributed by atoms with E-state index in [1.165, 1.54) is 12.1 Å². The molecule has 1 aliphatic heterocycles. The third-order valence-electron chi connectivity index (χ3n) is 4.42. The van der Waals surface area contributed by atoms with Crippen LogP contribution in [0.25, 0.3) is 5.52 Å². The summed E-state index contributed by atoms with van der Waals surface area (Å²) in [6, 6.07) is 8.05. The van der Waals surface area contributed by atoms with Crippen LogP contribution in [-0.4, -0.2) is 32.8 Å². The van der Waals surface area contributed by atoms with Crippen LogP contribution in [0.1, 0.15) is 17.7 Å². The Hall–Kier alpha value is -2.47. The average Bonchev–Trinajstić information content (AvgIpc) is 3.10. The van der Waals surface area contributed by atoms with E-state index in [4.69, 9.17) is 0 Å². The predicted molar refractivity (Wildman–Crippen MR) is 84.9 cm³/mol. The number of fused-ring (bicyclic) bond motifs is 1. The Morgan fingerprint density at radius 3 is 2.83 bits per heavy atom. The maximum absolute atomic E-state index is 13.1. The van der Waals surface area contributed by atoms with Crippen LogP contribution in [0.3, 0.4) is 0 Å². The highest BCUT2D eigenvalue weighted by Gasteiger charge is 2.38. The average molecular weight is 312 g/mol. The number of halogens is 1. The lowest BCUT2D eigenvalue weighted by molar-refractivity contribution is 0.0606. The number of aliphatic hydroxyl groups is 1. The minimum Gasteiger partial charge on any atom is -0.383 e. The summed E-state index contributed by atoms with van der Waals surface area (Å²) in [5, 5.41) is 15.3. The highest BCUT2D eigenvalue weighted by Crippen LogP contribution is 2.35. The number of rotatable bonds is 2. The standard InChI is InChI=1S/C17H17FN4O/c1-12-10-15-16(19-7-9-22(15)20-12)21-8-6-17(23,11-21)13-2-4-14(18)5-3-13/h2-5,7,9-10,23H,6,8,11H2,1H3. The molecular formula is C17H17FN4O.